The molecule has 5 rings (SSSR count). The molecule has 0 radical (unpaired) electrons. The van der Waals surface area contributed by atoms with Gasteiger partial charge in [0.05, 0.1) is 17.4 Å². The van der Waals surface area contributed by atoms with E-state index in [0.29, 0.717) is 12.8 Å². The SMILES string of the molecule is C[C@]12CC[C@@]3(O)C(=C[C@H]4OC(=O)[C@@]5(C)CCC[C@@]3(C)[C@@H]45)[C@H]1OC(=O)C2. The van der Waals surface area contributed by atoms with Crippen molar-refractivity contribution >= 4 is 11.9 Å². The van der Waals surface area contributed by atoms with E-state index in [1.807, 2.05) is 13.0 Å². The van der Waals surface area contributed by atoms with Crippen LogP contribution in [0.5, 0.6) is 0 Å². The van der Waals surface area contributed by atoms with Gasteiger partial charge in [0.15, 0.2) is 0 Å². The Labute approximate surface area is 147 Å². The lowest BCUT2D eigenvalue weighted by atomic mass is 9.43. The highest BCUT2D eigenvalue weighted by molar-refractivity contribution is 5.81. The second-order valence-corrected chi connectivity index (χ2v) is 9.72. The van der Waals surface area contributed by atoms with E-state index in [4.69, 9.17) is 9.47 Å². The summed E-state index contributed by atoms with van der Waals surface area (Å²) in [5.41, 5.74) is -1.47. The molecule has 5 nitrogen and oxygen atoms in total. The van der Waals surface area contributed by atoms with Crippen molar-refractivity contribution in [2.24, 2.45) is 22.2 Å². The molecule has 3 aliphatic carbocycles. The van der Waals surface area contributed by atoms with Gasteiger partial charge >= 0.3 is 11.9 Å². The molecule has 136 valence electrons. The Morgan fingerprint density at radius 2 is 1.84 bits per heavy atom. The zero-order chi connectivity index (χ0) is 17.8. The fraction of sp³-hybridized carbons (Fsp3) is 0.800. The third-order valence-corrected chi connectivity index (χ3v) is 8.34. The summed E-state index contributed by atoms with van der Waals surface area (Å²) in [6.07, 6.45) is 5.58. The number of fused-ring (bicyclic) bond motifs is 4. The minimum absolute atomic E-state index is 0.0172. The molecule has 2 aliphatic heterocycles. The van der Waals surface area contributed by atoms with Crippen molar-refractivity contribution < 1.29 is 24.2 Å². The molecule has 5 heteroatoms. The number of hydrogen-bond acceptors (Lipinski definition) is 5. The van der Waals surface area contributed by atoms with E-state index in [9.17, 15) is 14.7 Å². The molecule has 25 heavy (non-hydrogen) atoms. The first kappa shape index (κ1) is 15.9. The van der Waals surface area contributed by atoms with Crippen LogP contribution in [0.3, 0.4) is 0 Å². The van der Waals surface area contributed by atoms with Crippen LogP contribution in [0.1, 0.15) is 59.3 Å². The topological polar surface area (TPSA) is 72.8 Å². The minimum Gasteiger partial charge on any atom is -0.457 e. The second kappa shape index (κ2) is 4.30. The lowest BCUT2D eigenvalue weighted by Gasteiger charge is -2.61. The van der Waals surface area contributed by atoms with Crippen molar-refractivity contribution in [2.45, 2.75) is 77.1 Å². The van der Waals surface area contributed by atoms with Crippen LogP contribution in [0, 0.1) is 22.2 Å². The Morgan fingerprint density at radius 3 is 2.60 bits per heavy atom. The molecule has 2 saturated heterocycles. The maximum Gasteiger partial charge on any atom is 0.312 e. The highest BCUT2D eigenvalue weighted by Crippen LogP contribution is 2.69. The van der Waals surface area contributed by atoms with Crippen molar-refractivity contribution in [3.05, 3.63) is 11.6 Å². The quantitative estimate of drug-likeness (QED) is 0.539. The van der Waals surface area contributed by atoms with Crippen molar-refractivity contribution in [1.82, 2.24) is 0 Å². The highest BCUT2D eigenvalue weighted by Gasteiger charge is 2.73. The molecule has 0 aromatic rings. The van der Waals surface area contributed by atoms with Crippen molar-refractivity contribution in [1.29, 1.82) is 0 Å². The van der Waals surface area contributed by atoms with Gasteiger partial charge in [-0.1, -0.05) is 20.3 Å². The third-order valence-electron chi connectivity index (χ3n) is 8.34. The molecule has 5 aliphatic rings. The molecule has 2 saturated carbocycles. The summed E-state index contributed by atoms with van der Waals surface area (Å²) in [5.74, 6) is -0.350. The van der Waals surface area contributed by atoms with Gasteiger partial charge in [-0.3, -0.25) is 9.59 Å². The van der Waals surface area contributed by atoms with E-state index in [2.05, 4.69) is 13.8 Å². The molecule has 0 aromatic heterocycles. The molecule has 0 spiro atoms. The highest BCUT2D eigenvalue weighted by atomic mass is 16.6. The summed E-state index contributed by atoms with van der Waals surface area (Å²) < 4.78 is 11.5. The Bertz CT molecular complexity index is 728. The second-order valence-electron chi connectivity index (χ2n) is 9.72. The van der Waals surface area contributed by atoms with Gasteiger partial charge in [-0.15, -0.1) is 0 Å². The molecule has 1 N–H and O–H groups in total. The number of hydrogen-bond donors (Lipinski definition) is 1. The monoisotopic (exact) mass is 346 g/mol. The summed E-state index contributed by atoms with van der Waals surface area (Å²) in [5, 5.41) is 11.9. The number of rotatable bonds is 0. The Kier molecular flexibility index (Phi) is 2.73. The molecule has 0 unspecified atom stereocenters. The number of carbonyl (C=O) groups excluding carboxylic acids is 2. The molecule has 0 aromatic carbocycles. The third kappa shape index (κ3) is 1.60. The molecule has 4 fully saturated rings. The van der Waals surface area contributed by atoms with Gasteiger partial charge in [-0.05, 0) is 38.7 Å². The zero-order valence-corrected chi connectivity index (χ0v) is 15.1. The Hall–Kier alpha value is -1.36. The Balaban J connectivity index is 1.70. The van der Waals surface area contributed by atoms with E-state index in [-0.39, 0.29) is 29.4 Å². The molecule has 0 bridgehead atoms. The molecule has 7 atom stereocenters. The molecular formula is C20H26O5. The van der Waals surface area contributed by atoms with Crippen LogP contribution < -0.4 is 0 Å². The maximum atomic E-state index is 12.6. The Morgan fingerprint density at radius 1 is 1.08 bits per heavy atom. The molecule has 0 amide bonds. The van der Waals surface area contributed by atoms with Crippen molar-refractivity contribution in [2.75, 3.05) is 0 Å². The predicted molar refractivity (Wildman–Crippen MR) is 88.3 cm³/mol. The fourth-order valence-corrected chi connectivity index (χ4v) is 6.95. The maximum absolute atomic E-state index is 12.6. The van der Waals surface area contributed by atoms with E-state index in [1.54, 1.807) is 0 Å². The molecular weight excluding hydrogens is 320 g/mol. The van der Waals surface area contributed by atoms with Gasteiger partial charge in [-0.2, -0.15) is 0 Å². The first-order valence-electron chi connectivity index (χ1n) is 9.49. The summed E-state index contributed by atoms with van der Waals surface area (Å²) in [4.78, 5) is 24.7. The van der Waals surface area contributed by atoms with Crippen LogP contribution in [0.2, 0.25) is 0 Å². The van der Waals surface area contributed by atoms with E-state index < -0.39 is 22.5 Å². The largest absolute Gasteiger partial charge is 0.457 e. The number of esters is 2. The van der Waals surface area contributed by atoms with Gasteiger partial charge < -0.3 is 14.6 Å². The first-order valence-corrected chi connectivity index (χ1v) is 9.49. The van der Waals surface area contributed by atoms with Crippen molar-refractivity contribution in [3.63, 3.8) is 0 Å². The smallest absolute Gasteiger partial charge is 0.312 e. The van der Waals surface area contributed by atoms with Gasteiger partial charge in [0.25, 0.3) is 0 Å². The van der Waals surface area contributed by atoms with E-state index >= 15 is 0 Å². The molecule has 2 heterocycles. The zero-order valence-electron chi connectivity index (χ0n) is 15.1. The first-order chi connectivity index (χ1) is 11.6. The van der Waals surface area contributed by atoms with Crippen LogP contribution >= 0.6 is 0 Å². The van der Waals surface area contributed by atoms with E-state index in [1.165, 1.54) is 0 Å². The summed E-state index contributed by atoms with van der Waals surface area (Å²) >= 11 is 0. The predicted octanol–water partition coefficient (Wildman–Crippen LogP) is 2.51. The summed E-state index contributed by atoms with van der Waals surface area (Å²) in [6, 6.07) is 0. The van der Waals surface area contributed by atoms with Crippen molar-refractivity contribution in [3.8, 4) is 0 Å². The lowest BCUT2D eigenvalue weighted by molar-refractivity contribution is -0.174. The average Bonchev–Trinajstić information content (AvgIpc) is 2.97. The number of aliphatic hydroxyl groups is 1. The van der Waals surface area contributed by atoms with Crippen LogP contribution in [0.4, 0.5) is 0 Å². The van der Waals surface area contributed by atoms with Gasteiger partial charge in [0.2, 0.25) is 0 Å². The number of carbonyl (C=O) groups is 2. The van der Waals surface area contributed by atoms with Crippen LogP contribution in [0.25, 0.3) is 0 Å². The average molecular weight is 346 g/mol. The fourth-order valence-electron chi connectivity index (χ4n) is 6.95. The van der Waals surface area contributed by atoms with Gasteiger partial charge in [0, 0.05) is 22.3 Å². The van der Waals surface area contributed by atoms with E-state index in [0.717, 1.165) is 31.3 Å². The lowest BCUT2D eigenvalue weighted by Crippen LogP contribution is -2.65. The number of ether oxygens (including phenoxy) is 2. The van der Waals surface area contributed by atoms with Gasteiger partial charge in [0.1, 0.15) is 12.2 Å². The normalized spacial score (nSPS) is 56.3. The summed E-state index contributed by atoms with van der Waals surface area (Å²) in [7, 11) is 0. The standard InChI is InChI=1S/C20H26O5/c1-17-7-8-20(23)11(15(17)25-13(21)10-17)9-12-14-18(2,16(22)24-12)5-4-6-19(14,20)3/h9,12,14-15,23H,4-8,10H2,1-3H3/t12-,14+,15-,17-,18+,19+,20-/m1/s1. The van der Waals surface area contributed by atoms with Gasteiger partial charge in [-0.25, -0.2) is 0 Å². The minimum atomic E-state index is -1.03. The van der Waals surface area contributed by atoms with Crippen LogP contribution in [-0.2, 0) is 19.1 Å². The summed E-state index contributed by atoms with van der Waals surface area (Å²) in [6.45, 7) is 6.20. The van der Waals surface area contributed by atoms with Crippen LogP contribution in [0.15, 0.2) is 11.6 Å². The van der Waals surface area contributed by atoms with Crippen LogP contribution in [-0.4, -0.2) is 34.9 Å².